The van der Waals surface area contributed by atoms with Crippen LogP contribution in [0.4, 0.5) is 4.39 Å². The van der Waals surface area contributed by atoms with E-state index in [9.17, 15) is 14.3 Å². The highest BCUT2D eigenvalue weighted by Crippen LogP contribution is 2.42. The van der Waals surface area contributed by atoms with Gasteiger partial charge in [0.05, 0.1) is 13.2 Å². The molecule has 0 saturated heterocycles. The lowest BCUT2D eigenvalue weighted by Gasteiger charge is -2.27. The number of hydrogen-bond donors (Lipinski definition) is 1. The van der Waals surface area contributed by atoms with E-state index in [4.69, 9.17) is 9.47 Å². The summed E-state index contributed by atoms with van der Waals surface area (Å²) < 4.78 is 25.5. The van der Waals surface area contributed by atoms with E-state index in [0.717, 1.165) is 30.6 Å². The van der Waals surface area contributed by atoms with Gasteiger partial charge in [-0.15, -0.1) is 11.3 Å². The second-order valence-corrected chi connectivity index (χ2v) is 7.11. The highest BCUT2D eigenvalue weighted by molar-refractivity contribution is 7.21. The molecule has 0 aliphatic heterocycles. The minimum Gasteiger partial charge on any atom is -0.494 e. The number of rotatable bonds is 4. The van der Waals surface area contributed by atoms with Crippen LogP contribution >= 0.6 is 11.3 Å². The van der Waals surface area contributed by atoms with Crippen LogP contribution in [0.3, 0.4) is 0 Å². The number of methoxy groups -OCH3 is 1. The lowest BCUT2D eigenvalue weighted by Crippen LogP contribution is -2.24. The van der Waals surface area contributed by atoms with Gasteiger partial charge in [-0.3, -0.25) is 0 Å². The predicted molar refractivity (Wildman–Crippen MR) is 87.3 cm³/mol. The second-order valence-electron chi connectivity index (χ2n) is 6.06. The molecular formula is C17H19FO4S. The van der Waals surface area contributed by atoms with Crippen LogP contribution in [0, 0.1) is 11.7 Å². The average molecular weight is 338 g/mol. The highest BCUT2D eigenvalue weighted by atomic mass is 32.1. The molecule has 4 nitrogen and oxygen atoms in total. The maximum atomic E-state index is 13.9. The van der Waals surface area contributed by atoms with Crippen LogP contribution in [0.25, 0.3) is 10.1 Å². The first kappa shape index (κ1) is 16.1. The molecule has 1 saturated carbocycles. The molecule has 0 radical (unpaired) electrons. The Bertz CT molecular complexity index is 740. The third-order valence-electron chi connectivity index (χ3n) is 4.28. The first-order valence-corrected chi connectivity index (χ1v) is 8.51. The summed E-state index contributed by atoms with van der Waals surface area (Å²) in [6.07, 6.45) is 4.09. The number of hydrogen-bond acceptors (Lipinski definition) is 4. The molecule has 0 bridgehead atoms. The van der Waals surface area contributed by atoms with Gasteiger partial charge < -0.3 is 14.6 Å². The van der Waals surface area contributed by atoms with Crippen molar-refractivity contribution in [1.29, 1.82) is 0 Å². The zero-order valence-corrected chi connectivity index (χ0v) is 13.9. The molecule has 124 valence electrons. The lowest BCUT2D eigenvalue weighted by atomic mass is 9.88. The van der Waals surface area contributed by atoms with E-state index < -0.39 is 11.8 Å². The number of halogens is 1. The van der Waals surface area contributed by atoms with Crippen LogP contribution in [0.2, 0.25) is 0 Å². The zero-order valence-electron chi connectivity index (χ0n) is 13.1. The molecule has 2 aromatic rings. The van der Waals surface area contributed by atoms with E-state index >= 15 is 0 Å². The molecule has 2 atom stereocenters. The summed E-state index contributed by atoms with van der Waals surface area (Å²) in [6.45, 7) is 2.18. The fourth-order valence-electron chi connectivity index (χ4n) is 3.14. The van der Waals surface area contributed by atoms with E-state index in [1.807, 2.05) is 0 Å². The minimum atomic E-state index is -1.05. The summed E-state index contributed by atoms with van der Waals surface area (Å²) >= 11 is 1.03. The van der Waals surface area contributed by atoms with E-state index in [-0.39, 0.29) is 16.7 Å². The van der Waals surface area contributed by atoms with Crippen molar-refractivity contribution < 1.29 is 23.8 Å². The van der Waals surface area contributed by atoms with Crippen LogP contribution in [0.5, 0.6) is 11.5 Å². The van der Waals surface area contributed by atoms with Crippen molar-refractivity contribution >= 4 is 27.4 Å². The number of ether oxygens (including phenoxy) is 2. The molecule has 3 rings (SSSR count). The van der Waals surface area contributed by atoms with Crippen LogP contribution in [-0.2, 0) is 0 Å². The van der Waals surface area contributed by atoms with Gasteiger partial charge in [0.25, 0.3) is 0 Å². The van der Waals surface area contributed by atoms with Crippen LogP contribution in [0.1, 0.15) is 42.3 Å². The maximum absolute atomic E-state index is 13.9. The third-order valence-corrected chi connectivity index (χ3v) is 5.41. The highest BCUT2D eigenvalue weighted by Gasteiger charge is 2.26. The second kappa shape index (κ2) is 6.35. The Morgan fingerprint density at radius 2 is 2.17 bits per heavy atom. The number of fused-ring (bicyclic) bond motifs is 1. The van der Waals surface area contributed by atoms with Gasteiger partial charge in [-0.25, -0.2) is 9.18 Å². The third kappa shape index (κ3) is 3.13. The predicted octanol–water partition coefficient (Wildman–Crippen LogP) is 4.70. The van der Waals surface area contributed by atoms with Crippen molar-refractivity contribution in [2.45, 2.75) is 38.7 Å². The lowest BCUT2D eigenvalue weighted by molar-refractivity contribution is 0.0690. The van der Waals surface area contributed by atoms with Crippen molar-refractivity contribution in [2.75, 3.05) is 7.11 Å². The minimum absolute atomic E-state index is 0.00528. The molecule has 0 spiro atoms. The normalized spacial score (nSPS) is 21.3. The molecule has 1 fully saturated rings. The molecule has 1 heterocycles. The summed E-state index contributed by atoms with van der Waals surface area (Å²) in [5.41, 5.74) is 0. The summed E-state index contributed by atoms with van der Waals surface area (Å²) in [6, 6.07) is 2.83. The first-order valence-electron chi connectivity index (χ1n) is 7.69. The molecule has 2 unspecified atom stereocenters. The average Bonchev–Trinajstić information content (AvgIpc) is 2.84. The van der Waals surface area contributed by atoms with Gasteiger partial charge in [0.1, 0.15) is 0 Å². The topological polar surface area (TPSA) is 55.8 Å². The molecule has 23 heavy (non-hydrogen) atoms. The first-order chi connectivity index (χ1) is 11.0. The van der Waals surface area contributed by atoms with Gasteiger partial charge in [-0.05, 0) is 37.3 Å². The van der Waals surface area contributed by atoms with Crippen LogP contribution in [-0.4, -0.2) is 24.3 Å². The van der Waals surface area contributed by atoms with Crippen molar-refractivity contribution in [1.82, 2.24) is 0 Å². The number of carbonyl (C=O) groups is 1. The molecule has 1 aliphatic carbocycles. The molecule has 0 amide bonds. The molecule has 1 aromatic carbocycles. The fourth-order valence-corrected chi connectivity index (χ4v) is 4.12. The molecule has 6 heteroatoms. The number of thiophene rings is 1. The van der Waals surface area contributed by atoms with Crippen molar-refractivity contribution in [3.63, 3.8) is 0 Å². The number of aromatic carboxylic acids is 1. The summed E-state index contributed by atoms with van der Waals surface area (Å²) in [7, 11) is 1.39. The smallest absolute Gasteiger partial charge is 0.349 e. The molecule has 1 aromatic heterocycles. The summed E-state index contributed by atoms with van der Waals surface area (Å²) in [5.74, 6) is -0.552. The molecular weight excluding hydrogens is 319 g/mol. The van der Waals surface area contributed by atoms with E-state index in [1.54, 1.807) is 0 Å². The van der Waals surface area contributed by atoms with E-state index in [0.29, 0.717) is 21.8 Å². The van der Waals surface area contributed by atoms with Crippen molar-refractivity contribution in [3.8, 4) is 11.5 Å². The van der Waals surface area contributed by atoms with E-state index in [2.05, 4.69) is 6.92 Å². The van der Waals surface area contributed by atoms with Crippen LogP contribution < -0.4 is 9.47 Å². The quantitative estimate of drug-likeness (QED) is 0.877. The van der Waals surface area contributed by atoms with Gasteiger partial charge in [0, 0.05) is 10.1 Å². The van der Waals surface area contributed by atoms with Gasteiger partial charge in [0.15, 0.2) is 22.2 Å². The molecule has 1 aliphatic rings. The monoisotopic (exact) mass is 338 g/mol. The Morgan fingerprint density at radius 3 is 2.83 bits per heavy atom. The van der Waals surface area contributed by atoms with Crippen molar-refractivity contribution in [2.24, 2.45) is 5.92 Å². The Balaban J connectivity index is 2.05. The SMILES string of the molecule is COc1cc2c(OC3CCCC(C)C3)c(C(=O)O)sc2cc1F. The van der Waals surface area contributed by atoms with Gasteiger partial charge in [-0.2, -0.15) is 0 Å². The van der Waals surface area contributed by atoms with Gasteiger partial charge >= 0.3 is 5.97 Å². The Kier molecular flexibility index (Phi) is 4.43. The fraction of sp³-hybridized carbons (Fsp3) is 0.471. The number of benzene rings is 1. The number of carboxylic acids is 1. The standard InChI is InChI=1S/C17H19FO4S/c1-9-4-3-5-10(6-9)22-15-11-7-13(21-2)12(18)8-14(11)23-16(15)17(19)20/h7-10H,3-6H2,1-2H3,(H,19,20). The summed E-state index contributed by atoms with van der Waals surface area (Å²) in [5, 5.41) is 10.1. The van der Waals surface area contributed by atoms with Crippen molar-refractivity contribution in [3.05, 3.63) is 22.8 Å². The summed E-state index contributed by atoms with van der Waals surface area (Å²) in [4.78, 5) is 11.7. The number of carboxylic acid groups (broad SMARTS) is 1. The Hall–Kier alpha value is -1.82. The largest absolute Gasteiger partial charge is 0.494 e. The van der Waals surface area contributed by atoms with E-state index in [1.165, 1.54) is 25.7 Å². The zero-order chi connectivity index (χ0) is 16.6. The molecule has 1 N–H and O–H groups in total. The Morgan fingerprint density at radius 1 is 1.39 bits per heavy atom. The maximum Gasteiger partial charge on any atom is 0.349 e. The Labute approximate surface area is 137 Å². The van der Waals surface area contributed by atoms with Gasteiger partial charge in [-0.1, -0.05) is 13.3 Å². The van der Waals surface area contributed by atoms with Crippen LogP contribution in [0.15, 0.2) is 12.1 Å². The van der Waals surface area contributed by atoms with Gasteiger partial charge in [0.2, 0.25) is 0 Å².